The van der Waals surface area contributed by atoms with E-state index in [2.05, 4.69) is 27.9 Å². The Hall–Kier alpha value is -2.50. The summed E-state index contributed by atoms with van der Waals surface area (Å²) in [5, 5.41) is 1.10. The molecule has 5 heteroatoms. The van der Waals surface area contributed by atoms with Crippen LogP contribution in [0.15, 0.2) is 53.6 Å². The molecule has 0 atom stereocenters. The number of pyridine rings is 2. The summed E-state index contributed by atoms with van der Waals surface area (Å²) >= 11 is 0. The molecule has 0 spiro atoms. The monoisotopic (exact) mass is 363 g/mol. The maximum Gasteiger partial charge on any atom is 0.252 e. The van der Waals surface area contributed by atoms with Crippen molar-refractivity contribution in [3.05, 3.63) is 75.8 Å². The number of hydrogen-bond donors (Lipinski definition) is 1. The van der Waals surface area contributed by atoms with Crippen molar-refractivity contribution in [1.82, 2.24) is 14.9 Å². The van der Waals surface area contributed by atoms with E-state index in [0.29, 0.717) is 13.2 Å². The van der Waals surface area contributed by atoms with Gasteiger partial charge in [-0.25, -0.2) is 0 Å². The molecule has 5 nitrogen and oxygen atoms in total. The van der Waals surface area contributed by atoms with Crippen molar-refractivity contribution in [1.29, 1.82) is 0 Å². The lowest BCUT2D eigenvalue weighted by Gasteiger charge is -2.31. The van der Waals surface area contributed by atoms with Crippen molar-refractivity contribution in [2.75, 3.05) is 13.1 Å². The minimum absolute atomic E-state index is 0.0151. The van der Waals surface area contributed by atoms with Gasteiger partial charge in [-0.2, -0.15) is 0 Å². The predicted octanol–water partition coefficient (Wildman–Crippen LogP) is 3.41. The van der Waals surface area contributed by atoms with Gasteiger partial charge in [0.05, 0.1) is 12.7 Å². The Kier molecular flexibility index (Phi) is 5.32. The van der Waals surface area contributed by atoms with Gasteiger partial charge in [0.15, 0.2) is 0 Å². The van der Waals surface area contributed by atoms with Crippen LogP contribution in [0.2, 0.25) is 0 Å². The van der Waals surface area contributed by atoms with E-state index in [1.165, 1.54) is 5.56 Å². The number of aromatic nitrogens is 2. The number of ether oxygens (including phenoxy) is 1. The van der Waals surface area contributed by atoms with Gasteiger partial charge in [-0.15, -0.1) is 0 Å². The van der Waals surface area contributed by atoms with Crippen LogP contribution in [0.5, 0.6) is 0 Å². The van der Waals surface area contributed by atoms with Gasteiger partial charge in [-0.1, -0.05) is 17.7 Å². The highest BCUT2D eigenvalue weighted by molar-refractivity contribution is 5.79. The zero-order valence-corrected chi connectivity index (χ0v) is 15.6. The molecule has 2 aromatic heterocycles. The van der Waals surface area contributed by atoms with E-state index in [1.807, 2.05) is 36.5 Å². The number of hydrogen-bond acceptors (Lipinski definition) is 4. The largest absolute Gasteiger partial charge is 0.373 e. The zero-order valence-electron chi connectivity index (χ0n) is 15.6. The summed E-state index contributed by atoms with van der Waals surface area (Å²) in [6, 6.07) is 12.1. The van der Waals surface area contributed by atoms with E-state index >= 15 is 0 Å². The molecule has 0 amide bonds. The summed E-state index contributed by atoms with van der Waals surface area (Å²) < 4.78 is 6.03. The van der Waals surface area contributed by atoms with Crippen LogP contribution in [0.4, 0.5) is 0 Å². The fourth-order valence-electron chi connectivity index (χ4n) is 3.66. The van der Waals surface area contributed by atoms with Gasteiger partial charge in [0.2, 0.25) is 0 Å². The smallest absolute Gasteiger partial charge is 0.252 e. The highest BCUT2D eigenvalue weighted by atomic mass is 16.5. The van der Waals surface area contributed by atoms with Gasteiger partial charge in [-0.05, 0) is 55.0 Å². The van der Waals surface area contributed by atoms with E-state index < -0.39 is 0 Å². The Morgan fingerprint density at radius 1 is 1.22 bits per heavy atom. The van der Waals surface area contributed by atoms with Crippen LogP contribution in [0.3, 0.4) is 0 Å². The van der Waals surface area contributed by atoms with Crippen LogP contribution < -0.4 is 5.56 Å². The summed E-state index contributed by atoms with van der Waals surface area (Å²) in [7, 11) is 0. The van der Waals surface area contributed by atoms with E-state index in [-0.39, 0.29) is 11.7 Å². The second kappa shape index (κ2) is 8.03. The molecule has 27 heavy (non-hydrogen) atoms. The molecule has 3 heterocycles. The topological polar surface area (TPSA) is 58.2 Å². The molecule has 0 aliphatic carbocycles. The normalized spacial score (nSPS) is 16.0. The first kappa shape index (κ1) is 17.9. The van der Waals surface area contributed by atoms with Crippen LogP contribution in [0.25, 0.3) is 10.9 Å². The number of H-pyrrole nitrogens is 1. The maximum atomic E-state index is 12.4. The first-order chi connectivity index (χ1) is 13.2. The highest BCUT2D eigenvalue weighted by Crippen LogP contribution is 2.18. The maximum absolute atomic E-state index is 12.4. The number of rotatable bonds is 5. The quantitative estimate of drug-likeness (QED) is 0.755. The molecule has 0 bridgehead atoms. The van der Waals surface area contributed by atoms with Gasteiger partial charge in [-0.3, -0.25) is 14.7 Å². The Morgan fingerprint density at radius 3 is 2.85 bits per heavy atom. The van der Waals surface area contributed by atoms with Gasteiger partial charge in [0.1, 0.15) is 0 Å². The lowest BCUT2D eigenvalue weighted by molar-refractivity contribution is -0.00409. The van der Waals surface area contributed by atoms with Crippen molar-refractivity contribution in [2.45, 2.75) is 39.0 Å². The number of fused-ring (bicyclic) bond motifs is 1. The van der Waals surface area contributed by atoms with E-state index in [1.54, 1.807) is 6.20 Å². The molecule has 4 rings (SSSR count). The van der Waals surface area contributed by atoms with Gasteiger partial charge >= 0.3 is 0 Å². The molecule has 1 saturated heterocycles. The summed E-state index contributed by atoms with van der Waals surface area (Å²) in [4.78, 5) is 21.9. The number of piperidine rings is 1. The van der Waals surface area contributed by atoms with Crippen LogP contribution in [-0.2, 0) is 17.9 Å². The first-order valence-electron chi connectivity index (χ1n) is 9.53. The minimum atomic E-state index is 0.0151. The standard InChI is InChI=1S/C22H25N3O2/c1-16-4-5-21-18(11-16)12-19(22(26)24-21)14-25-9-6-20(7-10-25)27-15-17-3-2-8-23-13-17/h2-5,8,11-13,20H,6-7,9-10,14-15H2,1H3,(H,24,26). The van der Waals surface area contributed by atoms with Crippen molar-refractivity contribution in [3.8, 4) is 0 Å². The summed E-state index contributed by atoms with van der Waals surface area (Å²) in [6.45, 7) is 5.27. The Bertz CT molecular complexity index is 960. The SMILES string of the molecule is Cc1ccc2[nH]c(=O)c(CN3CCC(OCc4cccnc4)CC3)cc2c1. The molecule has 0 radical (unpaired) electrons. The van der Waals surface area contributed by atoms with Gasteiger partial charge in [0, 0.05) is 43.1 Å². The highest BCUT2D eigenvalue weighted by Gasteiger charge is 2.20. The molecule has 0 unspecified atom stereocenters. The van der Waals surface area contributed by atoms with Crippen LogP contribution >= 0.6 is 0 Å². The third kappa shape index (κ3) is 4.43. The Balaban J connectivity index is 1.34. The molecule has 1 aliphatic rings. The Labute approximate surface area is 159 Å². The van der Waals surface area contributed by atoms with E-state index in [0.717, 1.165) is 48.0 Å². The molecule has 3 aromatic rings. The zero-order chi connectivity index (χ0) is 18.6. The minimum Gasteiger partial charge on any atom is -0.373 e. The number of nitrogens with one attached hydrogen (secondary N) is 1. The number of aryl methyl sites for hydroxylation is 1. The average molecular weight is 363 g/mol. The number of nitrogens with zero attached hydrogens (tertiary/aromatic N) is 2. The third-order valence-corrected chi connectivity index (χ3v) is 5.21. The summed E-state index contributed by atoms with van der Waals surface area (Å²) in [5.74, 6) is 0. The molecule has 1 N–H and O–H groups in total. The molecular weight excluding hydrogens is 338 g/mol. The molecule has 1 aliphatic heterocycles. The second-order valence-electron chi connectivity index (χ2n) is 7.36. The molecule has 1 fully saturated rings. The number of benzene rings is 1. The molecule has 1 aromatic carbocycles. The predicted molar refractivity (Wildman–Crippen MR) is 107 cm³/mol. The molecule has 0 saturated carbocycles. The Morgan fingerprint density at radius 2 is 2.07 bits per heavy atom. The fraction of sp³-hybridized carbons (Fsp3) is 0.364. The van der Waals surface area contributed by atoms with E-state index in [9.17, 15) is 4.79 Å². The average Bonchev–Trinajstić information content (AvgIpc) is 2.69. The summed E-state index contributed by atoms with van der Waals surface area (Å²) in [6.07, 6.45) is 5.88. The first-order valence-corrected chi connectivity index (χ1v) is 9.53. The van der Waals surface area contributed by atoms with Crippen LogP contribution in [-0.4, -0.2) is 34.1 Å². The second-order valence-corrected chi connectivity index (χ2v) is 7.36. The van der Waals surface area contributed by atoms with Crippen LogP contribution in [0.1, 0.15) is 29.5 Å². The summed E-state index contributed by atoms with van der Waals surface area (Å²) in [5.41, 5.74) is 4.06. The van der Waals surface area contributed by atoms with Crippen molar-refractivity contribution in [3.63, 3.8) is 0 Å². The van der Waals surface area contributed by atoms with Crippen molar-refractivity contribution >= 4 is 10.9 Å². The lowest BCUT2D eigenvalue weighted by Crippen LogP contribution is -2.37. The molecular formula is C22H25N3O2. The fourth-order valence-corrected chi connectivity index (χ4v) is 3.66. The van der Waals surface area contributed by atoms with Crippen molar-refractivity contribution < 1.29 is 4.74 Å². The third-order valence-electron chi connectivity index (χ3n) is 5.21. The van der Waals surface area contributed by atoms with Crippen molar-refractivity contribution in [2.24, 2.45) is 0 Å². The van der Waals surface area contributed by atoms with E-state index in [4.69, 9.17) is 4.74 Å². The van der Waals surface area contributed by atoms with Gasteiger partial charge < -0.3 is 9.72 Å². The van der Waals surface area contributed by atoms with Gasteiger partial charge in [0.25, 0.3) is 5.56 Å². The number of aromatic amines is 1. The number of likely N-dealkylation sites (tertiary alicyclic amines) is 1. The van der Waals surface area contributed by atoms with Crippen LogP contribution in [0, 0.1) is 6.92 Å². The molecule has 140 valence electrons. The lowest BCUT2D eigenvalue weighted by atomic mass is 10.1.